The summed E-state index contributed by atoms with van der Waals surface area (Å²) in [5, 5.41) is 15.1. The van der Waals surface area contributed by atoms with E-state index in [9.17, 15) is 0 Å². The van der Waals surface area contributed by atoms with Gasteiger partial charge in [0.15, 0.2) is 5.84 Å². The molecule has 1 heterocycles. The monoisotopic (exact) mass is 249 g/mol. The third-order valence-corrected chi connectivity index (χ3v) is 3.26. The average molecular weight is 249 g/mol. The van der Waals surface area contributed by atoms with Crippen molar-refractivity contribution in [3.8, 4) is 0 Å². The van der Waals surface area contributed by atoms with Crippen molar-refractivity contribution in [2.24, 2.45) is 10.9 Å². The number of benzene rings is 1. The maximum Gasteiger partial charge on any atom is 0.170 e. The summed E-state index contributed by atoms with van der Waals surface area (Å²) < 4.78 is 5.32. The Morgan fingerprint density at radius 3 is 3.06 bits per heavy atom. The summed E-state index contributed by atoms with van der Waals surface area (Å²) in [5.41, 5.74) is 8.64. The van der Waals surface area contributed by atoms with Crippen LogP contribution in [0.2, 0.25) is 0 Å². The predicted octanol–water partition coefficient (Wildman–Crippen LogP) is 0.968. The van der Waals surface area contributed by atoms with Crippen LogP contribution in [0, 0.1) is 6.92 Å². The van der Waals surface area contributed by atoms with Crippen molar-refractivity contribution < 1.29 is 9.94 Å². The van der Waals surface area contributed by atoms with Gasteiger partial charge in [-0.05, 0) is 30.5 Å². The fourth-order valence-electron chi connectivity index (χ4n) is 2.06. The van der Waals surface area contributed by atoms with Gasteiger partial charge >= 0.3 is 0 Å². The zero-order valence-corrected chi connectivity index (χ0v) is 10.5. The molecule has 1 aliphatic rings. The molecule has 0 amide bonds. The Morgan fingerprint density at radius 2 is 2.44 bits per heavy atom. The summed E-state index contributed by atoms with van der Waals surface area (Å²) in [4.78, 5) is 0. The summed E-state index contributed by atoms with van der Waals surface area (Å²) >= 11 is 0. The van der Waals surface area contributed by atoms with Crippen LogP contribution in [-0.2, 0) is 11.3 Å². The van der Waals surface area contributed by atoms with E-state index in [1.165, 1.54) is 5.56 Å². The van der Waals surface area contributed by atoms with Crippen molar-refractivity contribution >= 4 is 5.84 Å². The zero-order valence-electron chi connectivity index (χ0n) is 10.5. The molecule has 1 fully saturated rings. The molecule has 0 bridgehead atoms. The van der Waals surface area contributed by atoms with Crippen LogP contribution in [-0.4, -0.2) is 30.3 Å². The molecule has 0 spiro atoms. The van der Waals surface area contributed by atoms with Crippen LogP contribution in [0.1, 0.15) is 23.1 Å². The number of aryl methyl sites for hydroxylation is 1. The largest absolute Gasteiger partial charge is 0.409 e. The minimum atomic E-state index is 0.141. The molecule has 1 aromatic carbocycles. The Hall–Kier alpha value is -1.59. The number of nitrogens with zero attached hydrogens (tertiary/aromatic N) is 1. The highest BCUT2D eigenvalue weighted by Gasteiger charge is 2.14. The van der Waals surface area contributed by atoms with Gasteiger partial charge in [-0.1, -0.05) is 17.3 Å². The number of hydrogen-bond donors (Lipinski definition) is 3. The van der Waals surface area contributed by atoms with Crippen molar-refractivity contribution in [1.82, 2.24) is 5.32 Å². The molecule has 1 aliphatic heterocycles. The predicted molar refractivity (Wildman–Crippen MR) is 69.8 cm³/mol. The lowest BCUT2D eigenvalue weighted by atomic mass is 10.0. The lowest BCUT2D eigenvalue weighted by Gasteiger charge is -2.13. The molecule has 5 nitrogen and oxygen atoms in total. The highest BCUT2D eigenvalue weighted by atomic mass is 16.5. The van der Waals surface area contributed by atoms with E-state index in [4.69, 9.17) is 15.7 Å². The van der Waals surface area contributed by atoms with Crippen LogP contribution in [0.25, 0.3) is 0 Å². The minimum absolute atomic E-state index is 0.141. The number of amidine groups is 1. The highest BCUT2D eigenvalue weighted by Crippen LogP contribution is 2.12. The number of oxime groups is 1. The first-order valence-corrected chi connectivity index (χ1v) is 6.09. The number of nitrogens with two attached hydrogens (primary N) is 1. The van der Waals surface area contributed by atoms with E-state index >= 15 is 0 Å². The van der Waals surface area contributed by atoms with E-state index in [-0.39, 0.29) is 5.84 Å². The van der Waals surface area contributed by atoms with Crippen LogP contribution in [0.3, 0.4) is 0 Å². The smallest absolute Gasteiger partial charge is 0.170 e. The van der Waals surface area contributed by atoms with Crippen molar-refractivity contribution in [3.05, 3.63) is 34.9 Å². The number of nitrogens with one attached hydrogen (secondary N) is 1. The van der Waals surface area contributed by atoms with Gasteiger partial charge in [0, 0.05) is 24.8 Å². The second-order valence-corrected chi connectivity index (χ2v) is 4.57. The Bertz CT molecular complexity index is 440. The molecule has 0 saturated carbocycles. The Morgan fingerprint density at radius 1 is 1.61 bits per heavy atom. The van der Waals surface area contributed by atoms with Crippen molar-refractivity contribution in [2.45, 2.75) is 25.9 Å². The molecular weight excluding hydrogens is 230 g/mol. The lowest BCUT2D eigenvalue weighted by molar-refractivity contribution is 0.190. The lowest BCUT2D eigenvalue weighted by Crippen LogP contribution is -2.28. The first-order valence-electron chi connectivity index (χ1n) is 6.09. The number of ether oxygens (including phenoxy) is 1. The van der Waals surface area contributed by atoms with Gasteiger partial charge in [0.1, 0.15) is 0 Å². The van der Waals surface area contributed by atoms with Crippen LogP contribution >= 0.6 is 0 Å². The third kappa shape index (κ3) is 3.00. The minimum Gasteiger partial charge on any atom is -0.409 e. The standard InChI is InChI=1S/C13H19N3O2/c1-9-6-10(13(14)16-17)2-3-11(9)7-15-12-4-5-18-8-12/h2-3,6,12,15,17H,4-5,7-8H2,1H3,(H2,14,16). The van der Waals surface area contributed by atoms with E-state index in [0.717, 1.165) is 37.3 Å². The molecule has 4 N–H and O–H groups in total. The molecule has 0 aliphatic carbocycles. The Balaban J connectivity index is 2.00. The fourth-order valence-corrected chi connectivity index (χ4v) is 2.06. The van der Waals surface area contributed by atoms with Crippen molar-refractivity contribution in [1.29, 1.82) is 0 Å². The fraction of sp³-hybridized carbons (Fsp3) is 0.462. The van der Waals surface area contributed by atoms with Gasteiger partial charge in [-0.25, -0.2) is 0 Å². The number of hydrogen-bond acceptors (Lipinski definition) is 4. The SMILES string of the molecule is Cc1cc(/C(N)=N/O)ccc1CNC1CCOC1. The summed E-state index contributed by atoms with van der Waals surface area (Å²) in [6.07, 6.45) is 1.07. The normalized spacial score (nSPS) is 20.3. The quantitative estimate of drug-likeness (QED) is 0.321. The molecule has 1 unspecified atom stereocenters. The van der Waals surface area contributed by atoms with Gasteiger partial charge in [-0.3, -0.25) is 0 Å². The van der Waals surface area contributed by atoms with Crippen LogP contribution in [0.5, 0.6) is 0 Å². The van der Waals surface area contributed by atoms with Gasteiger partial charge in [-0.15, -0.1) is 0 Å². The van der Waals surface area contributed by atoms with E-state index in [1.807, 2.05) is 25.1 Å². The Labute approximate surface area is 107 Å². The highest BCUT2D eigenvalue weighted by molar-refractivity contribution is 5.97. The second-order valence-electron chi connectivity index (χ2n) is 4.57. The van der Waals surface area contributed by atoms with Gasteiger partial charge in [0.25, 0.3) is 0 Å². The van der Waals surface area contributed by atoms with Crippen LogP contribution in [0.4, 0.5) is 0 Å². The van der Waals surface area contributed by atoms with Crippen molar-refractivity contribution in [3.63, 3.8) is 0 Å². The molecule has 2 rings (SSSR count). The summed E-state index contributed by atoms with van der Waals surface area (Å²) in [6, 6.07) is 6.25. The molecular formula is C13H19N3O2. The van der Waals surface area contributed by atoms with Gasteiger partial charge < -0.3 is 21.0 Å². The van der Waals surface area contributed by atoms with Gasteiger partial charge in [0.2, 0.25) is 0 Å². The second kappa shape index (κ2) is 5.84. The van der Waals surface area contributed by atoms with Crippen LogP contribution < -0.4 is 11.1 Å². The zero-order chi connectivity index (χ0) is 13.0. The molecule has 98 valence electrons. The van der Waals surface area contributed by atoms with Crippen molar-refractivity contribution in [2.75, 3.05) is 13.2 Å². The van der Waals surface area contributed by atoms with E-state index in [2.05, 4.69) is 10.5 Å². The number of rotatable bonds is 4. The molecule has 1 saturated heterocycles. The maximum absolute atomic E-state index is 8.63. The average Bonchev–Trinajstić information content (AvgIpc) is 2.89. The summed E-state index contributed by atoms with van der Waals surface area (Å²) in [6.45, 7) is 4.48. The van der Waals surface area contributed by atoms with Crippen LogP contribution in [0.15, 0.2) is 23.4 Å². The van der Waals surface area contributed by atoms with E-state index in [0.29, 0.717) is 6.04 Å². The topological polar surface area (TPSA) is 79.9 Å². The molecule has 5 heteroatoms. The van der Waals surface area contributed by atoms with Gasteiger partial charge in [-0.2, -0.15) is 0 Å². The maximum atomic E-state index is 8.63. The molecule has 0 aromatic heterocycles. The molecule has 1 atom stereocenters. The first-order chi connectivity index (χ1) is 8.70. The summed E-state index contributed by atoms with van der Waals surface area (Å²) in [7, 11) is 0. The third-order valence-electron chi connectivity index (χ3n) is 3.26. The summed E-state index contributed by atoms with van der Waals surface area (Å²) in [5.74, 6) is 0.141. The Kier molecular flexibility index (Phi) is 4.17. The molecule has 18 heavy (non-hydrogen) atoms. The van der Waals surface area contributed by atoms with Gasteiger partial charge in [0.05, 0.1) is 6.61 Å². The van der Waals surface area contributed by atoms with E-state index < -0.39 is 0 Å². The molecule has 1 aromatic rings. The molecule has 0 radical (unpaired) electrons. The van der Waals surface area contributed by atoms with E-state index in [1.54, 1.807) is 0 Å². The first kappa shape index (κ1) is 12.9.